The Morgan fingerprint density at radius 2 is 2.24 bits per heavy atom. The summed E-state index contributed by atoms with van der Waals surface area (Å²) < 4.78 is 27.4. The SMILES string of the molecule is CN(C)CCNS(=O)(=O)c1cnn(CCO)c1. The van der Waals surface area contributed by atoms with E-state index in [2.05, 4.69) is 9.82 Å². The van der Waals surface area contributed by atoms with Gasteiger partial charge in [0, 0.05) is 19.3 Å². The summed E-state index contributed by atoms with van der Waals surface area (Å²) in [6, 6.07) is 0. The summed E-state index contributed by atoms with van der Waals surface area (Å²) in [5.74, 6) is 0. The van der Waals surface area contributed by atoms with Crippen LogP contribution in [0.1, 0.15) is 0 Å². The van der Waals surface area contributed by atoms with Gasteiger partial charge in [0.1, 0.15) is 4.90 Å². The first-order chi connectivity index (χ1) is 7.95. The van der Waals surface area contributed by atoms with Crippen molar-refractivity contribution < 1.29 is 13.5 Å². The topological polar surface area (TPSA) is 87.5 Å². The van der Waals surface area contributed by atoms with Gasteiger partial charge in [0.05, 0.1) is 19.3 Å². The second kappa shape index (κ2) is 6.10. The highest BCUT2D eigenvalue weighted by atomic mass is 32.2. The van der Waals surface area contributed by atoms with Crippen molar-refractivity contribution in [1.82, 2.24) is 19.4 Å². The van der Waals surface area contributed by atoms with Gasteiger partial charge < -0.3 is 10.0 Å². The van der Waals surface area contributed by atoms with E-state index in [1.165, 1.54) is 17.1 Å². The zero-order valence-corrected chi connectivity index (χ0v) is 10.8. The molecule has 0 amide bonds. The lowest BCUT2D eigenvalue weighted by atomic mass is 10.6. The number of nitrogens with zero attached hydrogens (tertiary/aromatic N) is 3. The van der Waals surface area contributed by atoms with Crippen LogP contribution < -0.4 is 4.72 Å². The Morgan fingerprint density at radius 1 is 1.53 bits per heavy atom. The van der Waals surface area contributed by atoms with Gasteiger partial charge in [-0.25, -0.2) is 13.1 Å². The number of hydrogen-bond acceptors (Lipinski definition) is 5. The molecular weight excluding hydrogens is 244 g/mol. The van der Waals surface area contributed by atoms with Crippen LogP contribution in [0.5, 0.6) is 0 Å². The Labute approximate surface area is 101 Å². The fourth-order valence-electron chi connectivity index (χ4n) is 1.20. The smallest absolute Gasteiger partial charge is 0.243 e. The molecule has 0 unspecified atom stereocenters. The van der Waals surface area contributed by atoms with Crippen molar-refractivity contribution in [2.45, 2.75) is 11.4 Å². The van der Waals surface area contributed by atoms with Crippen LogP contribution in [0.2, 0.25) is 0 Å². The third-order valence-electron chi connectivity index (χ3n) is 2.10. The summed E-state index contributed by atoms with van der Waals surface area (Å²) in [6.07, 6.45) is 2.67. The molecule has 0 atom stereocenters. The van der Waals surface area contributed by atoms with Crippen LogP contribution in [-0.4, -0.2) is 62.0 Å². The number of rotatable bonds is 7. The second-order valence-corrected chi connectivity index (χ2v) is 5.63. The lowest BCUT2D eigenvalue weighted by Crippen LogP contribution is -2.31. The quantitative estimate of drug-likeness (QED) is 0.639. The second-order valence-electron chi connectivity index (χ2n) is 3.86. The number of aromatic nitrogens is 2. The summed E-state index contributed by atoms with van der Waals surface area (Å²) in [4.78, 5) is 2.00. The Kier molecular flexibility index (Phi) is 5.06. The zero-order valence-electron chi connectivity index (χ0n) is 10.00. The van der Waals surface area contributed by atoms with E-state index in [1.807, 2.05) is 19.0 Å². The van der Waals surface area contributed by atoms with E-state index in [9.17, 15) is 8.42 Å². The zero-order chi connectivity index (χ0) is 12.9. The van der Waals surface area contributed by atoms with Crippen LogP contribution >= 0.6 is 0 Å². The minimum absolute atomic E-state index is 0.0742. The highest BCUT2D eigenvalue weighted by molar-refractivity contribution is 7.89. The molecule has 17 heavy (non-hydrogen) atoms. The summed E-state index contributed by atoms with van der Waals surface area (Å²) in [5.41, 5.74) is 0. The van der Waals surface area contributed by atoms with Gasteiger partial charge in [0.25, 0.3) is 0 Å². The predicted octanol–water partition coefficient (Wildman–Crippen LogP) is -1.28. The molecule has 0 saturated heterocycles. The van der Waals surface area contributed by atoms with E-state index in [0.29, 0.717) is 13.1 Å². The predicted molar refractivity (Wildman–Crippen MR) is 63.1 cm³/mol. The molecule has 0 saturated carbocycles. The maximum atomic E-state index is 11.8. The van der Waals surface area contributed by atoms with Gasteiger partial charge in [-0.15, -0.1) is 0 Å². The van der Waals surface area contributed by atoms with E-state index in [1.54, 1.807) is 0 Å². The minimum Gasteiger partial charge on any atom is -0.394 e. The molecule has 0 aliphatic rings. The Bertz CT molecular complexity index is 441. The van der Waals surface area contributed by atoms with Crippen LogP contribution in [0.4, 0.5) is 0 Å². The maximum absolute atomic E-state index is 11.8. The van der Waals surface area contributed by atoms with Gasteiger partial charge in [-0.1, -0.05) is 0 Å². The lowest BCUT2D eigenvalue weighted by molar-refractivity contribution is 0.269. The van der Waals surface area contributed by atoms with Crippen LogP contribution in [0, 0.1) is 0 Å². The molecule has 1 heterocycles. The van der Waals surface area contributed by atoms with Crippen molar-refractivity contribution in [2.75, 3.05) is 33.8 Å². The number of sulfonamides is 1. The fourth-order valence-corrected chi connectivity index (χ4v) is 2.17. The van der Waals surface area contributed by atoms with Gasteiger partial charge in [0.15, 0.2) is 0 Å². The molecule has 1 rings (SSSR count). The molecule has 8 heteroatoms. The van der Waals surface area contributed by atoms with Gasteiger partial charge in [-0.3, -0.25) is 4.68 Å². The van der Waals surface area contributed by atoms with Gasteiger partial charge in [-0.05, 0) is 14.1 Å². The third-order valence-corrected chi connectivity index (χ3v) is 3.52. The number of aliphatic hydroxyl groups excluding tert-OH is 1. The summed E-state index contributed by atoms with van der Waals surface area (Å²) in [5, 5.41) is 12.5. The number of aliphatic hydroxyl groups is 1. The Morgan fingerprint density at radius 3 is 2.82 bits per heavy atom. The summed E-state index contributed by atoms with van der Waals surface area (Å²) in [7, 11) is 0.242. The van der Waals surface area contributed by atoms with Crippen molar-refractivity contribution in [3.63, 3.8) is 0 Å². The van der Waals surface area contributed by atoms with E-state index in [0.717, 1.165) is 0 Å². The molecular formula is C9H18N4O3S. The maximum Gasteiger partial charge on any atom is 0.243 e. The molecule has 7 nitrogen and oxygen atoms in total. The lowest BCUT2D eigenvalue weighted by Gasteiger charge is -2.09. The van der Waals surface area contributed by atoms with Crippen molar-refractivity contribution in [3.8, 4) is 0 Å². The molecule has 0 bridgehead atoms. The van der Waals surface area contributed by atoms with Crippen molar-refractivity contribution in [3.05, 3.63) is 12.4 Å². The van der Waals surface area contributed by atoms with Crippen molar-refractivity contribution in [2.24, 2.45) is 0 Å². The molecule has 0 fully saturated rings. The molecule has 0 aliphatic heterocycles. The van der Waals surface area contributed by atoms with E-state index in [4.69, 9.17) is 5.11 Å². The first-order valence-electron chi connectivity index (χ1n) is 5.23. The van der Waals surface area contributed by atoms with Crippen molar-refractivity contribution in [1.29, 1.82) is 0 Å². The van der Waals surface area contributed by atoms with E-state index in [-0.39, 0.29) is 18.0 Å². The highest BCUT2D eigenvalue weighted by Crippen LogP contribution is 2.06. The standard InChI is InChI=1S/C9H18N4O3S/c1-12(2)4-3-11-17(15,16)9-7-10-13(8-9)5-6-14/h7-8,11,14H,3-6H2,1-2H3. The Hall–Kier alpha value is -0.960. The highest BCUT2D eigenvalue weighted by Gasteiger charge is 2.15. The Balaban J connectivity index is 2.62. The molecule has 0 spiro atoms. The largest absolute Gasteiger partial charge is 0.394 e. The van der Waals surface area contributed by atoms with Crippen LogP contribution in [0.25, 0.3) is 0 Å². The average molecular weight is 262 g/mol. The van der Waals surface area contributed by atoms with Gasteiger partial charge >= 0.3 is 0 Å². The van der Waals surface area contributed by atoms with Gasteiger partial charge in [0.2, 0.25) is 10.0 Å². The number of likely N-dealkylation sites (N-methyl/N-ethyl adjacent to an activating group) is 1. The molecule has 0 aliphatic carbocycles. The van der Waals surface area contributed by atoms with Crippen LogP contribution in [0.3, 0.4) is 0 Å². The molecule has 0 aromatic carbocycles. The van der Waals surface area contributed by atoms with E-state index < -0.39 is 10.0 Å². The minimum atomic E-state index is -3.50. The third kappa shape index (κ3) is 4.43. The summed E-state index contributed by atoms with van der Waals surface area (Å²) in [6.45, 7) is 1.19. The molecule has 1 aromatic rings. The van der Waals surface area contributed by atoms with Gasteiger partial charge in [-0.2, -0.15) is 5.10 Å². The first-order valence-corrected chi connectivity index (χ1v) is 6.72. The number of nitrogens with one attached hydrogen (secondary N) is 1. The number of hydrogen-bond donors (Lipinski definition) is 2. The molecule has 0 radical (unpaired) electrons. The average Bonchev–Trinajstić information content (AvgIpc) is 2.66. The van der Waals surface area contributed by atoms with Crippen molar-refractivity contribution >= 4 is 10.0 Å². The van der Waals surface area contributed by atoms with Crippen LogP contribution in [-0.2, 0) is 16.6 Å². The van der Waals surface area contributed by atoms with Crippen LogP contribution in [0.15, 0.2) is 17.3 Å². The monoisotopic (exact) mass is 262 g/mol. The molecule has 98 valence electrons. The first kappa shape index (κ1) is 14.1. The normalized spacial score (nSPS) is 12.2. The molecule has 2 N–H and O–H groups in total. The summed E-state index contributed by atoms with van der Waals surface area (Å²) >= 11 is 0. The molecule has 1 aromatic heterocycles. The fraction of sp³-hybridized carbons (Fsp3) is 0.667. The van der Waals surface area contributed by atoms with E-state index >= 15 is 0 Å².